The Morgan fingerprint density at radius 2 is 2.08 bits per heavy atom. The smallest absolute Gasteiger partial charge is 0.264 e. The largest absolute Gasteiger partial charge is 0.335 e. The molecule has 1 aromatic heterocycles. The van der Waals surface area contributed by atoms with Gasteiger partial charge in [0, 0.05) is 28.0 Å². The second-order valence-electron chi connectivity index (χ2n) is 6.71. The number of sulfone groups is 1. The van der Waals surface area contributed by atoms with E-state index in [1.54, 1.807) is 18.2 Å². The number of rotatable bonds is 1. The Balaban J connectivity index is 1.77. The van der Waals surface area contributed by atoms with E-state index in [2.05, 4.69) is 6.92 Å². The average Bonchev–Trinajstić information content (AvgIpc) is 2.98. The van der Waals surface area contributed by atoms with E-state index in [0.717, 1.165) is 30.7 Å². The molecule has 0 N–H and O–H groups in total. The maximum atomic E-state index is 12.9. The fraction of sp³-hybridized carbons (Fsp3) is 0.389. The molecule has 0 spiro atoms. The van der Waals surface area contributed by atoms with Gasteiger partial charge < -0.3 is 4.90 Å². The summed E-state index contributed by atoms with van der Waals surface area (Å²) in [6, 6.07) is 6.93. The van der Waals surface area contributed by atoms with Crippen LogP contribution < -0.4 is 0 Å². The quantitative estimate of drug-likeness (QED) is 0.720. The highest BCUT2D eigenvalue weighted by molar-refractivity contribution is 7.91. The summed E-state index contributed by atoms with van der Waals surface area (Å²) < 4.78 is 25.1. The molecule has 25 heavy (non-hydrogen) atoms. The van der Waals surface area contributed by atoms with Gasteiger partial charge in [-0.3, -0.25) is 4.79 Å². The van der Waals surface area contributed by atoms with Crippen LogP contribution in [0.2, 0.25) is 5.02 Å². The molecular weight excluding hydrogens is 378 g/mol. The van der Waals surface area contributed by atoms with Crippen molar-refractivity contribution in [2.75, 3.05) is 6.54 Å². The average molecular weight is 396 g/mol. The first kappa shape index (κ1) is 17.1. The van der Waals surface area contributed by atoms with Crippen LogP contribution in [0.3, 0.4) is 0 Å². The van der Waals surface area contributed by atoms with Gasteiger partial charge in [0.1, 0.15) is 0 Å². The van der Waals surface area contributed by atoms with Crippen LogP contribution in [-0.4, -0.2) is 31.8 Å². The zero-order valence-corrected chi connectivity index (χ0v) is 16.2. The third kappa shape index (κ3) is 2.90. The van der Waals surface area contributed by atoms with Gasteiger partial charge in [0.2, 0.25) is 0 Å². The van der Waals surface area contributed by atoms with Gasteiger partial charge in [-0.1, -0.05) is 17.7 Å². The van der Waals surface area contributed by atoms with Gasteiger partial charge >= 0.3 is 0 Å². The minimum Gasteiger partial charge on any atom is -0.335 e. The lowest BCUT2D eigenvalue weighted by molar-refractivity contribution is 0.0640. The van der Waals surface area contributed by atoms with Crippen LogP contribution in [0.5, 0.6) is 0 Å². The molecule has 0 saturated carbocycles. The first-order chi connectivity index (χ1) is 11.9. The van der Waals surface area contributed by atoms with Crippen LogP contribution in [0, 0.1) is 0 Å². The van der Waals surface area contributed by atoms with Gasteiger partial charge in [-0.2, -0.15) is 0 Å². The summed E-state index contributed by atoms with van der Waals surface area (Å²) in [6.07, 6.45) is 3.20. The Labute approximate surface area is 156 Å². The minimum atomic E-state index is -3.43. The lowest BCUT2D eigenvalue weighted by atomic mass is 10.0. The fourth-order valence-electron chi connectivity index (χ4n) is 3.63. The van der Waals surface area contributed by atoms with Gasteiger partial charge in [0.05, 0.1) is 15.5 Å². The first-order valence-corrected chi connectivity index (χ1v) is 11.2. The first-order valence-electron chi connectivity index (χ1n) is 8.33. The van der Waals surface area contributed by atoms with Crippen molar-refractivity contribution < 1.29 is 13.2 Å². The number of amides is 1. The Morgan fingerprint density at radius 1 is 1.28 bits per heavy atom. The third-order valence-electron chi connectivity index (χ3n) is 4.95. The molecule has 0 bridgehead atoms. The number of thiophene rings is 1. The number of carbonyl (C=O) groups excluding carboxylic acids is 1. The summed E-state index contributed by atoms with van der Waals surface area (Å²) in [6.45, 7) is 2.85. The third-order valence-corrected chi connectivity index (χ3v) is 8.09. The molecule has 2 aliphatic rings. The van der Waals surface area contributed by atoms with Crippen LogP contribution in [0.15, 0.2) is 29.2 Å². The van der Waals surface area contributed by atoms with Gasteiger partial charge in [0.25, 0.3) is 5.91 Å². The number of piperidine rings is 1. The zero-order valence-electron chi connectivity index (χ0n) is 13.8. The molecule has 3 heterocycles. The number of fused-ring (bicyclic) bond motifs is 3. The SMILES string of the molecule is C[C@@H]1CCCCN1C(=O)c1cc2c(s1)-c1ccc(Cl)cc1S(=O)(=O)C2. The topological polar surface area (TPSA) is 54.5 Å². The van der Waals surface area contributed by atoms with Crippen molar-refractivity contribution in [1.29, 1.82) is 0 Å². The van der Waals surface area contributed by atoms with Crippen LogP contribution >= 0.6 is 22.9 Å². The van der Waals surface area contributed by atoms with E-state index in [4.69, 9.17) is 11.6 Å². The number of hydrogen-bond donors (Lipinski definition) is 0. The zero-order chi connectivity index (χ0) is 17.8. The highest BCUT2D eigenvalue weighted by Gasteiger charge is 2.33. The molecule has 4 rings (SSSR count). The van der Waals surface area contributed by atoms with Crippen LogP contribution in [0.25, 0.3) is 10.4 Å². The minimum absolute atomic E-state index is 0.0134. The summed E-state index contributed by atoms with van der Waals surface area (Å²) in [7, 11) is -3.43. The number of hydrogen-bond acceptors (Lipinski definition) is 4. The standard InChI is InChI=1S/C18H18ClNO3S2/c1-11-4-2-3-7-20(11)18(21)15-8-12-10-25(22,23)16-9-13(19)5-6-14(16)17(12)24-15/h5-6,8-9,11H,2-4,7,10H2,1H3/t11-/m1/s1. The van der Waals surface area contributed by atoms with E-state index in [9.17, 15) is 13.2 Å². The summed E-state index contributed by atoms with van der Waals surface area (Å²) in [5.74, 6) is -0.0610. The maximum Gasteiger partial charge on any atom is 0.264 e. The predicted molar refractivity (Wildman–Crippen MR) is 100 cm³/mol. The van der Waals surface area contributed by atoms with E-state index in [0.29, 0.717) is 21.0 Å². The normalized spacial score (nSPS) is 21.5. The van der Waals surface area contributed by atoms with Crippen molar-refractivity contribution >= 4 is 38.7 Å². The molecule has 0 aliphatic carbocycles. The Hall–Kier alpha value is -1.37. The summed E-state index contributed by atoms with van der Waals surface area (Å²) in [5.41, 5.74) is 1.37. The predicted octanol–water partition coefficient (Wildman–Crippen LogP) is 4.37. The fourth-order valence-corrected chi connectivity index (χ4v) is 6.81. The van der Waals surface area contributed by atoms with Crippen molar-refractivity contribution in [3.8, 4) is 10.4 Å². The van der Waals surface area contributed by atoms with Crippen molar-refractivity contribution in [2.24, 2.45) is 0 Å². The van der Waals surface area contributed by atoms with Crippen molar-refractivity contribution in [3.05, 3.63) is 39.7 Å². The van der Waals surface area contributed by atoms with Crippen LogP contribution in [0.4, 0.5) is 0 Å². The van der Waals surface area contributed by atoms with Crippen molar-refractivity contribution in [2.45, 2.75) is 42.9 Å². The molecule has 4 nitrogen and oxygen atoms in total. The van der Waals surface area contributed by atoms with Gasteiger partial charge in [-0.05, 0) is 49.9 Å². The van der Waals surface area contributed by atoms with E-state index < -0.39 is 9.84 Å². The number of carbonyl (C=O) groups is 1. The van der Waals surface area contributed by atoms with E-state index in [1.165, 1.54) is 17.4 Å². The molecule has 0 radical (unpaired) electrons. The van der Waals surface area contributed by atoms with Gasteiger partial charge in [-0.15, -0.1) is 11.3 Å². The summed E-state index contributed by atoms with van der Waals surface area (Å²) in [5, 5.41) is 0.403. The van der Waals surface area contributed by atoms with Crippen LogP contribution in [0.1, 0.15) is 41.4 Å². The summed E-state index contributed by atoms with van der Waals surface area (Å²) in [4.78, 5) is 16.6. The molecular formula is C18H18ClNO3S2. The molecule has 1 fully saturated rings. The molecule has 1 atom stereocenters. The molecule has 132 valence electrons. The molecule has 2 aliphatic heterocycles. The lowest BCUT2D eigenvalue weighted by Gasteiger charge is -2.33. The van der Waals surface area contributed by atoms with Gasteiger partial charge in [0.15, 0.2) is 9.84 Å². The van der Waals surface area contributed by atoms with Gasteiger partial charge in [-0.25, -0.2) is 8.42 Å². The molecule has 0 unspecified atom stereocenters. The monoisotopic (exact) mass is 395 g/mol. The second kappa shape index (κ2) is 6.11. The van der Waals surface area contributed by atoms with Crippen molar-refractivity contribution in [3.63, 3.8) is 0 Å². The lowest BCUT2D eigenvalue weighted by Crippen LogP contribution is -2.41. The molecule has 1 saturated heterocycles. The molecule has 2 aromatic rings. The number of nitrogens with zero attached hydrogens (tertiary/aromatic N) is 1. The van der Waals surface area contributed by atoms with Crippen LogP contribution in [-0.2, 0) is 15.6 Å². The highest BCUT2D eigenvalue weighted by atomic mass is 35.5. The Kier molecular flexibility index (Phi) is 4.17. The molecule has 7 heteroatoms. The van der Waals surface area contributed by atoms with Crippen molar-refractivity contribution in [1.82, 2.24) is 4.90 Å². The molecule has 1 aromatic carbocycles. The number of likely N-dealkylation sites (tertiary alicyclic amines) is 1. The molecule has 1 amide bonds. The number of benzene rings is 1. The van der Waals surface area contributed by atoms with E-state index in [-0.39, 0.29) is 22.6 Å². The van der Waals surface area contributed by atoms with E-state index >= 15 is 0 Å². The number of halogens is 1. The maximum absolute atomic E-state index is 12.9. The second-order valence-corrected chi connectivity index (χ2v) is 10.2. The summed E-state index contributed by atoms with van der Waals surface area (Å²) >= 11 is 7.37. The Bertz CT molecular complexity index is 965. The van der Waals surface area contributed by atoms with E-state index in [1.807, 2.05) is 4.90 Å². The Morgan fingerprint density at radius 3 is 2.84 bits per heavy atom. The highest BCUT2D eigenvalue weighted by Crippen LogP contribution is 2.44.